The third kappa shape index (κ3) is 5.92. The second-order valence-corrected chi connectivity index (χ2v) is 14.1. The number of amides is 1. The SMILES string of the molecule is CCC[C@@H]1c2c(cc(C(=O)NCc3ccc4c(c3)OCO4)nc2-c2cccc(-c3cccnc3)c2)CN1[S@](=O)C(C)(C)C. The first-order chi connectivity index (χ1) is 20.7. The Bertz CT molecular complexity index is 1690. The fourth-order valence-corrected chi connectivity index (χ4v) is 7.06. The summed E-state index contributed by atoms with van der Waals surface area (Å²) in [7, 11) is -1.24. The highest BCUT2D eigenvalue weighted by Crippen LogP contribution is 2.45. The largest absolute Gasteiger partial charge is 0.454 e. The fraction of sp³-hybridized carbons (Fsp3) is 0.324. The molecule has 1 N–H and O–H groups in total. The number of ether oxygens (including phenoxy) is 2. The first kappa shape index (κ1) is 29.0. The lowest BCUT2D eigenvalue weighted by Gasteiger charge is -2.30. The van der Waals surface area contributed by atoms with Crippen LogP contribution in [0.5, 0.6) is 11.5 Å². The Morgan fingerprint density at radius 2 is 1.81 bits per heavy atom. The van der Waals surface area contributed by atoms with Crippen LogP contribution < -0.4 is 14.8 Å². The number of hydrogen-bond acceptors (Lipinski definition) is 6. The van der Waals surface area contributed by atoms with Gasteiger partial charge in [-0.25, -0.2) is 13.5 Å². The number of carbonyl (C=O) groups is 1. The third-order valence-electron chi connectivity index (χ3n) is 7.70. The van der Waals surface area contributed by atoms with Crippen LogP contribution in [0.25, 0.3) is 22.4 Å². The van der Waals surface area contributed by atoms with Gasteiger partial charge in [0.2, 0.25) is 6.79 Å². The Morgan fingerprint density at radius 3 is 2.58 bits per heavy atom. The van der Waals surface area contributed by atoms with E-state index >= 15 is 0 Å². The highest BCUT2D eigenvalue weighted by atomic mass is 32.2. The molecule has 4 heterocycles. The average molecular weight is 597 g/mol. The monoisotopic (exact) mass is 596 g/mol. The number of rotatable bonds is 8. The molecule has 1 amide bonds. The Balaban J connectivity index is 1.40. The number of hydrogen-bond donors (Lipinski definition) is 1. The van der Waals surface area contributed by atoms with Crippen LogP contribution >= 0.6 is 0 Å². The minimum Gasteiger partial charge on any atom is -0.454 e. The maximum Gasteiger partial charge on any atom is 0.270 e. The van der Waals surface area contributed by atoms with Gasteiger partial charge in [-0.1, -0.05) is 43.7 Å². The number of pyridine rings is 2. The van der Waals surface area contributed by atoms with E-state index in [2.05, 4.69) is 27.6 Å². The van der Waals surface area contributed by atoms with Crippen molar-refractivity contribution >= 4 is 16.9 Å². The van der Waals surface area contributed by atoms with E-state index in [-0.39, 0.29) is 18.7 Å². The van der Waals surface area contributed by atoms with Crippen LogP contribution in [0, 0.1) is 0 Å². The zero-order valence-corrected chi connectivity index (χ0v) is 25.7. The summed E-state index contributed by atoms with van der Waals surface area (Å²) in [6.07, 6.45) is 5.36. The summed E-state index contributed by atoms with van der Waals surface area (Å²) in [6.45, 7) is 9.15. The van der Waals surface area contributed by atoms with Crippen LogP contribution in [-0.4, -0.2) is 35.9 Å². The molecule has 0 radical (unpaired) electrons. The minimum absolute atomic E-state index is 0.0737. The van der Waals surface area contributed by atoms with E-state index in [1.54, 1.807) is 6.20 Å². The molecule has 4 aromatic rings. The molecule has 222 valence electrons. The first-order valence-corrected chi connectivity index (χ1v) is 15.7. The van der Waals surface area contributed by atoms with Gasteiger partial charge in [0.05, 0.1) is 16.5 Å². The van der Waals surface area contributed by atoms with Gasteiger partial charge < -0.3 is 14.8 Å². The molecule has 2 aliphatic rings. The highest BCUT2D eigenvalue weighted by molar-refractivity contribution is 7.84. The number of aromatic nitrogens is 2. The van der Waals surface area contributed by atoms with E-state index in [1.807, 2.05) is 81.6 Å². The van der Waals surface area contributed by atoms with Crippen molar-refractivity contribution in [3.8, 4) is 33.9 Å². The van der Waals surface area contributed by atoms with Gasteiger partial charge in [-0.15, -0.1) is 0 Å². The molecular formula is C34H36N4O4S. The molecule has 0 spiro atoms. The van der Waals surface area contributed by atoms with Crippen molar-refractivity contribution in [2.24, 2.45) is 0 Å². The predicted molar refractivity (Wildman–Crippen MR) is 168 cm³/mol. The fourth-order valence-electron chi connectivity index (χ4n) is 5.66. The number of nitrogens with one attached hydrogen (secondary N) is 1. The molecule has 2 aliphatic heterocycles. The summed E-state index contributed by atoms with van der Waals surface area (Å²) in [5.41, 5.74) is 6.95. The van der Waals surface area contributed by atoms with Gasteiger partial charge in [0.25, 0.3) is 5.91 Å². The second kappa shape index (κ2) is 11.9. The quantitative estimate of drug-likeness (QED) is 0.247. The maximum absolute atomic E-state index is 13.8. The molecule has 0 bridgehead atoms. The van der Waals surface area contributed by atoms with Crippen LogP contribution in [0.1, 0.15) is 73.8 Å². The molecular weight excluding hydrogens is 560 g/mol. The molecule has 0 aliphatic carbocycles. The predicted octanol–water partition coefficient (Wildman–Crippen LogP) is 6.59. The topological polar surface area (TPSA) is 93.7 Å². The van der Waals surface area contributed by atoms with Crippen molar-refractivity contribution in [1.29, 1.82) is 0 Å². The first-order valence-electron chi connectivity index (χ1n) is 14.6. The number of nitrogens with zero attached hydrogens (tertiary/aromatic N) is 3. The van der Waals surface area contributed by atoms with E-state index in [4.69, 9.17) is 14.5 Å². The summed E-state index contributed by atoms with van der Waals surface area (Å²) in [6, 6.07) is 19.6. The molecule has 0 unspecified atom stereocenters. The molecule has 8 nitrogen and oxygen atoms in total. The van der Waals surface area contributed by atoms with Crippen molar-refractivity contribution in [1.82, 2.24) is 19.6 Å². The van der Waals surface area contributed by atoms with Crippen LogP contribution in [0.15, 0.2) is 73.1 Å². The molecule has 43 heavy (non-hydrogen) atoms. The van der Waals surface area contributed by atoms with Crippen molar-refractivity contribution < 1.29 is 18.5 Å². The van der Waals surface area contributed by atoms with Gasteiger partial charge in [0.15, 0.2) is 11.5 Å². The van der Waals surface area contributed by atoms with Gasteiger partial charge in [-0.05, 0) is 74.2 Å². The Kier molecular flexibility index (Phi) is 8.03. The highest BCUT2D eigenvalue weighted by Gasteiger charge is 2.40. The Labute approximate surface area is 255 Å². The van der Waals surface area contributed by atoms with Gasteiger partial charge in [-0.3, -0.25) is 9.78 Å². The molecule has 6 rings (SSSR count). The summed E-state index contributed by atoms with van der Waals surface area (Å²) in [4.78, 5) is 22.9. The van der Waals surface area contributed by atoms with Crippen LogP contribution in [0.4, 0.5) is 0 Å². The zero-order valence-electron chi connectivity index (χ0n) is 24.9. The van der Waals surface area contributed by atoms with E-state index in [0.717, 1.165) is 51.9 Å². The van der Waals surface area contributed by atoms with E-state index in [0.29, 0.717) is 30.3 Å². The number of benzene rings is 2. The van der Waals surface area contributed by atoms with E-state index in [9.17, 15) is 9.00 Å². The summed E-state index contributed by atoms with van der Waals surface area (Å²) >= 11 is 0. The van der Waals surface area contributed by atoms with E-state index < -0.39 is 15.7 Å². The van der Waals surface area contributed by atoms with Crippen molar-refractivity contribution in [2.45, 2.75) is 64.4 Å². The molecule has 2 aromatic carbocycles. The standard InChI is InChI=1S/C34H36N4O4S/c1-5-8-28-31-26(20-38(28)43(40)34(2,3)4)17-27(33(39)36-18-22-12-13-29-30(15-22)42-21-41-29)37-32(31)24-10-6-9-23(16-24)25-11-7-14-35-19-25/h6-7,9-17,19,28H,5,8,18,20-21H2,1-4H3,(H,36,39)/t28-,43-/m1/s1. The maximum atomic E-state index is 13.8. The second-order valence-electron chi connectivity index (χ2n) is 11.9. The van der Waals surface area contributed by atoms with Crippen LogP contribution in [0.2, 0.25) is 0 Å². The van der Waals surface area contributed by atoms with Gasteiger partial charge in [0, 0.05) is 42.2 Å². The molecule has 9 heteroatoms. The van der Waals surface area contributed by atoms with Crippen LogP contribution in [0.3, 0.4) is 0 Å². The summed E-state index contributed by atoms with van der Waals surface area (Å²) in [5, 5.41) is 3.03. The lowest BCUT2D eigenvalue weighted by Crippen LogP contribution is -2.36. The number of fused-ring (bicyclic) bond motifs is 2. The Morgan fingerprint density at radius 1 is 1.02 bits per heavy atom. The van der Waals surface area contributed by atoms with Crippen molar-refractivity contribution in [3.05, 3.63) is 95.4 Å². The normalized spacial score (nSPS) is 16.6. The van der Waals surface area contributed by atoms with E-state index in [1.165, 1.54) is 0 Å². The molecule has 2 atom stereocenters. The van der Waals surface area contributed by atoms with Gasteiger partial charge in [-0.2, -0.15) is 0 Å². The summed E-state index contributed by atoms with van der Waals surface area (Å²) in [5.74, 6) is 1.10. The molecule has 0 saturated carbocycles. The number of carbonyl (C=O) groups excluding carboxylic acids is 1. The third-order valence-corrected chi connectivity index (χ3v) is 9.56. The molecule has 2 aromatic heterocycles. The van der Waals surface area contributed by atoms with Crippen LogP contribution in [-0.2, 0) is 24.1 Å². The molecule has 0 saturated heterocycles. The average Bonchev–Trinajstić information content (AvgIpc) is 3.63. The molecule has 0 fully saturated rings. The van der Waals surface area contributed by atoms with Gasteiger partial charge in [0.1, 0.15) is 16.7 Å². The smallest absolute Gasteiger partial charge is 0.270 e. The lowest BCUT2D eigenvalue weighted by atomic mass is 9.93. The summed E-state index contributed by atoms with van der Waals surface area (Å²) < 4.78 is 26.3. The van der Waals surface area contributed by atoms with Gasteiger partial charge >= 0.3 is 0 Å². The zero-order chi connectivity index (χ0) is 30.1. The van der Waals surface area contributed by atoms with Crippen molar-refractivity contribution in [2.75, 3.05) is 6.79 Å². The lowest BCUT2D eigenvalue weighted by molar-refractivity contribution is 0.0946. The minimum atomic E-state index is -1.24. The van der Waals surface area contributed by atoms with Crippen molar-refractivity contribution in [3.63, 3.8) is 0 Å². The Hall–Kier alpha value is -4.08.